The summed E-state index contributed by atoms with van der Waals surface area (Å²) in [5.41, 5.74) is 9.74. The third kappa shape index (κ3) is 5.16. The molecule has 0 radical (unpaired) electrons. The van der Waals surface area contributed by atoms with Crippen LogP contribution in [-0.2, 0) is 4.79 Å². The smallest absolute Gasteiger partial charge is 0.251 e. The number of anilines is 1. The molecule has 1 aromatic heterocycles. The first-order chi connectivity index (χ1) is 16.9. The Morgan fingerprint density at radius 1 is 1.17 bits per heavy atom. The number of amides is 2. The molecule has 0 spiro atoms. The van der Waals surface area contributed by atoms with Crippen molar-refractivity contribution < 1.29 is 9.59 Å². The molecule has 2 aliphatic rings. The first kappa shape index (κ1) is 24.1. The van der Waals surface area contributed by atoms with E-state index in [9.17, 15) is 9.59 Å². The normalized spacial score (nSPS) is 18.6. The summed E-state index contributed by atoms with van der Waals surface area (Å²) in [6, 6.07) is 11.2. The second-order valence-corrected chi connectivity index (χ2v) is 10.6. The Morgan fingerprint density at radius 2 is 2.03 bits per heavy atom. The van der Waals surface area contributed by atoms with Crippen molar-refractivity contribution in [2.45, 2.75) is 18.9 Å². The molecule has 0 saturated carbocycles. The molecule has 182 valence electrons. The number of halogens is 2. The van der Waals surface area contributed by atoms with Gasteiger partial charge in [-0.3, -0.25) is 14.5 Å². The monoisotopic (exact) mass is 529 g/mol. The second-order valence-electron chi connectivity index (χ2n) is 8.77. The largest absolute Gasteiger partial charge is 0.375 e. The number of aromatic nitrogens is 1. The molecule has 3 N–H and O–H groups in total. The van der Waals surface area contributed by atoms with E-state index in [1.54, 1.807) is 12.1 Å². The molecule has 0 aliphatic carbocycles. The van der Waals surface area contributed by atoms with E-state index in [0.29, 0.717) is 39.9 Å². The van der Waals surface area contributed by atoms with Gasteiger partial charge in [0, 0.05) is 43.3 Å². The van der Waals surface area contributed by atoms with Gasteiger partial charge in [0.15, 0.2) is 5.13 Å². The second kappa shape index (κ2) is 10.1. The molecule has 1 unspecified atom stereocenters. The number of nitrogens with zero attached hydrogens (tertiary/aromatic N) is 3. The summed E-state index contributed by atoms with van der Waals surface area (Å²) >= 11 is 13.4. The number of nitrogen functional groups attached to an aromatic ring is 1. The summed E-state index contributed by atoms with van der Waals surface area (Å²) in [6.45, 7) is 3.09. The number of nitrogens with two attached hydrogens (primary N) is 1. The van der Waals surface area contributed by atoms with E-state index in [1.165, 1.54) is 23.0 Å². The molecule has 10 heteroatoms. The van der Waals surface area contributed by atoms with Crippen LogP contribution < -0.4 is 11.1 Å². The number of para-hydroxylation sites is 1. The lowest BCUT2D eigenvalue weighted by Gasteiger charge is -2.31. The average Bonchev–Trinajstić information content (AvgIpc) is 3.50. The minimum atomic E-state index is -0.349. The molecule has 7 nitrogen and oxygen atoms in total. The summed E-state index contributed by atoms with van der Waals surface area (Å²) in [7, 11) is 0. The highest BCUT2D eigenvalue weighted by Crippen LogP contribution is 2.33. The molecule has 2 aromatic carbocycles. The number of benzene rings is 2. The van der Waals surface area contributed by atoms with Crippen LogP contribution in [0.2, 0.25) is 10.0 Å². The van der Waals surface area contributed by atoms with Gasteiger partial charge in [0.2, 0.25) is 5.91 Å². The third-order valence-electron chi connectivity index (χ3n) is 6.64. The van der Waals surface area contributed by atoms with Crippen LogP contribution in [0.5, 0.6) is 0 Å². The minimum Gasteiger partial charge on any atom is -0.375 e. The first-order valence-electron chi connectivity index (χ1n) is 11.5. The van der Waals surface area contributed by atoms with Crippen LogP contribution in [0.1, 0.15) is 28.8 Å². The van der Waals surface area contributed by atoms with Crippen LogP contribution in [-0.4, -0.2) is 65.4 Å². The Balaban J connectivity index is 1.15. The predicted molar refractivity (Wildman–Crippen MR) is 142 cm³/mol. The third-order valence-corrected chi connectivity index (χ3v) is 8.23. The molecule has 3 aromatic rings. The zero-order chi connectivity index (χ0) is 24.5. The summed E-state index contributed by atoms with van der Waals surface area (Å²) < 4.78 is 1.11. The predicted octanol–water partition coefficient (Wildman–Crippen LogP) is 4.31. The maximum atomic E-state index is 12.7. The molecule has 2 aliphatic heterocycles. The van der Waals surface area contributed by atoms with Gasteiger partial charge in [-0.25, -0.2) is 4.98 Å². The van der Waals surface area contributed by atoms with Gasteiger partial charge in [-0.05, 0) is 42.7 Å². The number of carbonyl (C=O) groups is 2. The van der Waals surface area contributed by atoms with Crippen LogP contribution in [0, 0.1) is 0 Å². The molecule has 2 amide bonds. The molecule has 5 rings (SSSR count). The molecule has 1 fully saturated rings. The van der Waals surface area contributed by atoms with Crippen LogP contribution in [0.4, 0.5) is 5.13 Å². The van der Waals surface area contributed by atoms with E-state index in [1.807, 2.05) is 4.90 Å². The van der Waals surface area contributed by atoms with E-state index in [4.69, 9.17) is 28.9 Å². The van der Waals surface area contributed by atoms with Gasteiger partial charge in [0.05, 0.1) is 26.8 Å². The van der Waals surface area contributed by atoms with Crippen LogP contribution in [0.3, 0.4) is 0 Å². The van der Waals surface area contributed by atoms with Gasteiger partial charge < -0.3 is 16.0 Å². The SMILES string of the molecule is Nc1nc2c(C3=CCN(C4CCN(C(=O)CNC(=O)c5ccc(Cl)c(Cl)c5)C4)CC3)cccc2s1. The fraction of sp³-hybridized carbons (Fsp3) is 0.320. The summed E-state index contributed by atoms with van der Waals surface area (Å²) in [4.78, 5) is 33.9. The van der Waals surface area contributed by atoms with Crippen LogP contribution >= 0.6 is 34.5 Å². The Morgan fingerprint density at radius 3 is 2.80 bits per heavy atom. The molecular formula is C25H25Cl2N5O2S. The van der Waals surface area contributed by atoms with Crippen molar-refractivity contribution >= 4 is 67.3 Å². The number of fused-ring (bicyclic) bond motifs is 1. The number of likely N-dealkylation sites (tertiary alicyclic amines) is 1. The van der Waals surface area contributed by atoms with E-state index >= 15 is 0 Å². The van der Waals surface area contributed by atoms with Crippen molar-refractivity contribution in [3.63, 3.8) is 0 Å². The molecule has 1 atom stereocenters. The Kier molecular flexibility index (Phi) is 6.98. The average molecular weight is 530 g/mol. The van der Waals surface area contributed by atoms with Crippen molar-refractivity contribution in [3.8, 4) is 0 Å². The van der Waals surface area contributed by atoms with Crippen LogP contribution in [0.25, 0.3) is 15.8 Å². The van der Waals surface area contributed by atoms with Gasteiger partial charge in [0.25, 0.3) is 5.91 Å². The van der Waals surface area contributed by atoms with Crippen molar-refractivity contribution in [1.29, 1.82) is 0 Å². The Bertz CT molecular complexity index is 1320. The van der Waals surface area contributed by atoms with Gasteiger partial charge in [-0.1, -0.05) is 52.7 Å². The number of hydrogen-bond donors (Lipinski definition) is 2. The molecule has 35 heavy (non-hydrogen) atoms. The van der Waals surface area contributed by atoms with Gasteiger partial charge >= 0.3 is 0 Å². The number of carbonyl (C=O) groups excluding carboxylic acids is 2. The topological polar surface area (TPSA) is 91.6 Å². The van der Waals surface area contributed by atoms with Crippen LogP contribution in [0.15, 0.2) is 42.5 Å². The number of rotatable bonds is 5. The lowest BCUT2D eigenvalue weighted by atomic mass is 9.97. The highest BCUT2D eigenvalue weighted by Gasteiger charge is 2.31. The van der Waals surface area contributed by atoms with Crippen molar-refractivity contribution in [2.75, 3.05) is 38.5 Å². The van der Waals surface area contributed by atoms with Crippen molar-refractivity contribution in [3.05, 3.63) is 63.6 Å². The fourth-order valence-electron chi connectivity index (χ4n) is 4.76. The number of thiazole rings is 1. The molecule has 1 saturated heterocycles. The van der Waals surface area contributed by atoms with E-state index < -0.39 is 0 Å². The Labute approximate surface area is 217 Å². The van der Waals surface area contributed by atoms with Gasteiger partial charge in [-0.2, -0.15) is 0 Å². The summed E-state index contributed by atoms with van der Waals surface area (Å²) in [5, 5.41) is 3.97. The zero-order valence-corrected chi connectivity index (χ0v) is 21.3. The molecule has 0 bridgehead atoms. The van der Waals surface area contributed by atoms with E-state index in [0.717, 1.165) is 41.7 Å². The minimum absolute atomic E-state index is 0.0450. The lowest BCUT2D eigenvalue weighted by molar-refractivity contribution is -0.129. The quantitative estimate of drug-likeness (QED) is 0.513. The van der Waals surface area contributed by atoms with Crippen molar-refractivity contribution in [1.82, 2.24) is 20.1 Å². The van der Waals surface area contributed by atoms with E-state index in [-0.39, 0.29) is 18.4 Å². The standard InChI is InChI=1S/C25H25Cl2N5O2S/c26-19-5-4-16(12-20(19)27)24(34)29-13-22(33)32-11-8-17(14-32)31-9-6-15(7-10-31)18-2-1-3-21-23(18)30-25(28)35-21/h1-6,12,17H,7-11,13-14H2,(H2,28,30)(H,29,34). The molecular weight excluding hydrogens is 505 g/mol. The fourth-order valence-corrected chi connectivity index (χ4v) is 5.82. The lowest BCUT2D eigenvalue weighted by Crippen LogP contribution is -2.43. The highest BCUT2D eigenvalue weighted by atomic mass is 35.5. The maximum absolute atomic E-state index is 12.7. The number of nitrogens with one attached hydrogen (secondary N) is 1. The first-order valence-corrected chi connectivity index (χ1v) is 13.1. The summed E-state index contributed by atoms with van der Waals surface area (Å²) in [5.74, 6) is -0.430. The Hall–Kier alpha value is -2.65. The summed E-state index contributed by atoms with van der Waals surface area (Å²) in [6.07, 6.45) is 4.13. The number of hydrogen-bond acceptors (Lipinski definition) is 6. The van der Waals surface area contributed by atoms with E-state index in [2.05, 4.69) is 39.5 Å². The zero-order valence-electron chi connectivity index (χ0n) is 19.0. The van der Waals surface area contributed by atoms with Crippen molar-refractivity contribution in [2.24, 2.45) is 0 Å². The molecule has 3 heterocycles. The van der Waals surface area contributed by atoms with Gasteiger partial charge in [-0.15, -0.1) is 0 Å². The highest BCUT2D eigenvalue weighted by molar-refractivity contribution is 7.22. The van der Waals surface area contributed by atoms with Gasteiger partial charge in [0.1, 0.15) is 0 Å². The maximum Gasteiger partial charge on any atom is 0.251 e.